The fraction of sp³-hybridized carbons (Fsp3) is 0. The van der Waals surface area contributed by atoms with Crippen LogP contribution in [0, 0.1) is 0 Å². The van der Waals surface area contributed by atoms with Gasteiger partial charge in [0.05, 0.1) is 22.7 Å². The smallest absolute Gasteiger partial charge is 0.151 e. The Morgan fingerprint density at radius 2 is 0.568 bits per heavy atom. The molecule has 74 heavy (non-hydrogen) atoms. The van der Waals surface area contributed by atoms with Gasteiger partial charge in [-0.25, -0.2) is 0 Å². The molecule has 0 radical (unpaired) electrons. The van der Waals surface area contributed by atoms with Crippen LogP contribution in [0.5, 0.6) is 23.0 Å². The number of fused-ring (bicyclic) bond motifs is 8. The number of hydrogen-bond donors (Lipinski definition) is 0. The zero-order valence-electron chi connectivity index (χ0n) is 40.1. The van der Waals surface area contributed by atoms with Crippen LogP contribution in [0.25, 0.3) is 87.6 Å². The van der Waals surface area contributed by atoms with Crippen LogP contribution < -0.4 is 19.3 Å². The summed E-state index contributed by atoms with van der Waals surface area (Å²) in [6.45, 7) is 0. The summed E-state index contributed by atoms with van der Waals surface area (Å²) < 4.78 is 13.1. The average molecular weight is 945 g/mol. The van der Waals surface area contributed by atoms with Gasteiger partial charge in [-0.05, 0) is 173 Å². The van der Waals surface area contributed by atoms with Crippen LogP contribution in [0.4, 0.5) is 34.1 Å². The minimum atomic E-state index is 0.817. The summed E-state index contributed by atoms with van der Waals surface area (Å²) in [4.78, 5) is 4.71. The van der Waals surface area contributed by atoms with Crippen molar-refractivity contribution in [2.45, 2.75) is 0 Å². The normalized spacial score (nSPS) is 12.5. The number of nitrogens with zero attached hydrogens (tertiary/aromatic N) is 2. The van der Waals surface area contributed by atoms with Gasteiger partial charge in [-0.3, -0.25) is 0 Å². The second-order valence-corrected chi connectivity index (χ2v) is 19.2. The van der Waals surface area contributed by atoms with E-state index in [4.69, 9.17) is 9.47 Å². The molecule has 0 unspecified atom stereocenters. The molecule has 0 bridgehead atoms. The summed E-state index contributed by atoms with van der Waals surface area (Å²) in [7, 11) is 0. The van der Waals surface area contributed by atoms with Crippen molar-refractivity contribution in [1.82, 2.24) is 0 Å². The Labute approximate surface area is 428 Å². The van der Waals surface area contributed by atoms with Crippen molar-refractivity contribution < 1.29 is 9.47 Å². The van der Waals surface area contributed by atoms with Crippen molar-refractivity contribution in [3.8, 4) is 67.5 Å². The number of rotatable bonds is 6. The number of para-hydroxylation sites is 8. The third-order valence-electron chi connectivity index (χ3n) is 15.0. The SMILES string of the molecule is c1cc(-c2cccc3ccccc23)cc(-c2c3ccc(N4c5ccccc5Oc5ccccc54)cc3c(-c3cccc(-c4cccc5ccccc45)c3)c3ccc(N4c5ccccc5Oc5ccccc54)cc23)c1. The van der Waals surface area contributed by atoms with Gasteiger partial charge in [0.25, 0.3) is 0 Å². The largest absolute Gasteiger partial charge is 0.453 e. The van der Waals surface area contributed by atoms with Crippen molar-refractivity contribution in [2.24, 2.45) is 0 Å². The predicted molar refractivity (Wildman–Crippen MR) is 308 cm³/mol. The van der Waals surface area contributed by atoms with Gasteiger partial charge < -0.3 is 19.3 Å². The standard InChI is InChI=1S/C70H44N2O2/c1-3-25-53-45(17-1)19-15-27-55(53)47-21-13-23-49(41-47)69-57-39-37-52(72-63-31-7-11-35-67(63)74-68-36-12-8-32-64(68)72)44-60(57)70(50-24-14-22-48(42-50)56-28-16-20-46-18-2-4-26-54(46)56)58-40-38-51(43-59(58)69)71-61-29-5-9-33-65(61)73-66-34-10-6-30-62(66)71/h1-44H. The molecular weight excluding hydrogens is 901 g/mol. The maximum absolute atomic E-state index is 6.56. The molecule has 0 aliphatic carbocycles. The molecular formula is C70H44N2O2. The second kappa shape index (κ2) is 16.9. The van der Waals surface area contributed by atoms with Gasteiger partial charge >= 0.3 is 0 Å². The summed E-state index contributed by atoms with van der Waals surface area (Å²) in [6, 6.07) is 96.4. The summed E-state index contributed by atoms with van der Waals surface area (Å²) in [6.07, 6.45) is 0. The van der Waals surface area contributed by atoms with Gasteiger partial charge in [0.15, 0.2) is 23.0 Å². The van der Waals surface area contributed by atoms with E-state index in [9.17, 15) is 0 Å². The first kappa shape index (κ1) is 41.8. The van der Waals surface area contributed by atoms with Gasteiger partial charge in [-0.1, -0.05) is 182 Å². The van der Waals surface area contributed by atoms with E-state index < -0.39 is 0 Å². The molecule has 0 saturated carbocycles. The molecule has 13 aromatic carbocycles. The fourth-order valence-corrected chi connectivity index (χ4v) is 11.7. The van der Waals surface area contributed by atoms with Crippen LogP contribution in [-0.2, 0) is 0 Å². The molecule has 15 rings (SSSR count). The number of anilines is 6. The predicted octanol–water partition coefficient (Wildman–Crippen LogP) is 20.1. The maximum Gasteiger partial charge on any atom is 0.151 e. The molecule has 0 amide bonds. The lowest BCUT2D eigenvalue weighted by Crippen LogP contribution is -2.15. The third-order valence-corrected chi connectivity index (χ3v) is 15.0. The highest BCUT2D eigenvalue weighted by Gasteiger charge is 2.29. The number of benzene rings is 13. The highest BCUT2D eigenvalue weighted by Crippen LogP contribution is 2.55. The molecule has 0 aromatic heterocycles. The van der Waals surface area contributed by atoms with E-state index in [1.807, 2.05) is 24.3 Å². The third kappa shape index (κ3) is 6.69. The minimum absolute atomic E-state index is 0.817. The highest BCUT2D eigenvalue weighted by molar-refractivity contribution is 6.23. The first-order valence-electron chi connectivity index (χ1n) is 25.2. The molecule has 0 N–H and O–H groups in total. The first-order chi connectivity index (χ1) is 36.7. The van der Waals surface area contributed by atoms with E-state index in [1.165, 1.54) is 32.7 Å². The first-order valence-corrected chi connectivity index (χ1v) is 25.2. The highest BCUT2D eigenvalue weighted by atomic mass is 16.5. The van der Waals surface area contributed by atoms with Crippen molar-refractivity contribution in [2.75, 3.05) is 9.80 Å². The molecule has 4 nitrogen and oxygen atoms in total. The van der Waals surface area contributed by atoms with Crippen LogP contribution in [-0.4, -0.2) is 0 Å². The monoisotopic (exact) mass is 944 g/mol. The Bertz CT molecular complexity index is 4040. The molecule has 2 heterocycles. The Morgan fingerprint density at radius 3 is 0.986 bits per heavy atom. The van der Waals surface area contributed by atoms with Crippen LogP contribution in [0.3, 0.4) is 0 Å². The zero-order valence-corrected chi connectivity index (χ0v) is 40.1. The molecule has 13 aromatic rings. The average Bonchev–Trinajstić information content (AvgIpc) is 3.47. The van der Waals surface area contributed by atoms with Gasteiger partial charge in [0.2, 0.25) is 0 Å². The molecule has 4 heteroatoms. The zero-order chi connectivity index (χ0) is 48.7. The van der Waals surface area contributed by atoms with Gasteiger partial charge in [0, 0.05) is 11.4 Å². The molecule has 0 fully saturated rings. The van der Waals surface area contributed by atoms with Gasteiger partial charge in [0.1, 0.15) is 0 Å². The minimum Gasteiger partial charge on any atom is -0.453 e. The Kier molecular flexibility index (Phi) is 9.54. The van der Waals surface area contributed by atoms with Crippen molar-refractivity contribution in [3.63, 3.8) is 0 Å². The molecule has 2 aliphatic heterocycles. The van der Waals surface area contributed by atoms with Crippen LogP contribution >= 0.6 is 0 Å². The van der Waals surface area contributed by atoms with Gasteiger partial charge in [-0.2, -0.15) is 0 Å². The molecule has 0 atom stereocenters. The van der Waals surface area contributed by atoms with E-state index in [2.05, 4.69) is 252 Å². The van der Waals surface area contributed by atoms with Crippen molar-refractivity contribution >= 4 is 77.2 Å². The lowest BCUT2D eigenvalue weighted by molar-refractivity contribution is 0.477. The molecule has 2 aliphatic rings. The van der Waals surface area contributed by atoms with Crippen molar-refractivity contribution in [3.05, 3.63) is 267 Å². The Balaban J connectivity index is 1.05. The summed E-state index contributed by atoms with van der Waals surface area (Å²) >= 11 is 0. The van der Waals surface area contributed by atoms with Crippen LogP contribution in [0.1, 0.15) is 0 Å². The van der Waals surface area contributed by atoms with E-state index in [-0.39, 0.29) is 0 Å². The molecule has 346 valence electrons. The molecule has 0 spiro atoms. The van der Waals surface area contributed by atoms with E-state index in [0.717, 1.165) is 112 Å². The second-order valence-electron chi connectivity index (χ2n) is 19.2. The van der Waals surface area contributed by atoms with E-state index in [0.29, 0.717) is 0 Å². The summed E-state index contributed by atoms with van der Waals surface area (Å²) in [5.41, 5.74) is 15.4. The van der Waals surface area contributed by atoms with E-state index >= 15 is 0 Å². The maximum atomic E-state index is 6.56. The summed E-state index contributed by atoms with van der Waals surface area (Å²) in [5.74, 6) is 3.27. The lowest BCUT2D eigenvalue weighted by atomic mass is 9.84. The molecule has 0 saturated heterocycles. The quantitative estimate of drug-likeness (QED) is 0.155. The van der Waals surface area contributed by atoms with E-state index in [1.54, 1.807) is 0 Å². The Hall–Kier alpha value is -9.90. The van der Waals surface area contributed by atoms with Crippen LogP contribution in [0.15, 0.2) is 267 Å². The van der Waals surface area contributed by atoms with Crippen molar-refractivity contribution in [1.29, 1.82) is 0 Å². The summed E-state index contributed by atoms with van der Waals surface area (Å²) in [5, 5.41) is 9.48. The lowest BCUT2D eigenvalue weighted by Gasteiger charge is -2.33. The Morgan fingerprint density at radius 1 is 0.230 bits per heavy atom. The topological polar surface area (TPSA) is 24.9 Å². The van der Waals surface area contributed by atoms with Gasteiger partial charge in [-0.15, -0.1) is 0 Å². The number of hydrogen-bond acceptors (Lipinski definition) is 4. The number of ether oxygens (including phenoxy) is 2. The van der Waals surface area contributed by atoms with Crippen LogP contribution in [0.2, 0.25) is 0 Å². The fourth-order valence-electron chi connectivity index (χ4n) is 11.7.